The molecule has 2 N–H and O–H groups in total. The second-order valence-electron chi connectivity index (χ2n) is 4.89. The molecule has 0 amide bonds. The molecule has 2 aliphatic rings. The Morgan fingerprint density at radius 2 is 1.95 bits per heavy atom. The molecular formula is C14H17N3O2. The molecule has 100 valence electrons. The number of hydrogen-bond acceptors (Lipinski definition) is 5. The molecule has 2 aliphatic heterocycles. The van der Waals surface area contributed by atoms with Gasteiger partial charge in [0.1, 0.15) is 5.84 Å². The molecule has 0 fully saturated rings. The molecule has 5 nitrogen and oxygen atoms in total. The smallest absolute Gasteiger partial charge is 0.161 e. The first-order valence-corrected chi connectivity index (χ1v) is 6.54. The van der Waals surface area contributed by atoms with Crippen LogP contribution in [0.5, 0.6) is 11.5 Å². The van der Waals surface area contributed by atoms with Gasteiger partial charge in [0.25, 0.3) is 0 Å². The number of nitrogens with two attached hydrogens (primary N) is 1. The molecule has 0 saturated carbocycles. The third kappa shape index (κ3) is 2.41. The number of amidine groups is 1. The van der Waals surface area contributed by atoms with Crippen LogP contribution in [0.4, 0.5) is 0 Å². The average Bonchev–Trinajstić information content (AvgIpc) is 2.66. The Balaban J connectivity index is 1.92. The van der Waals surface area contributed by atoms with Gasteiger partial charge in [-0.05, 0) is 18.2 Å². The van der Waals surface area contributed by atoms with E-state index in [1.807, 2.05) is 18.2 Å². The van der Waals surface area contributed by atoms with Crippen LogP contribution in [0.1, 0.15) is 25.3 Å². The second kappa shape index (κ2) is 4.91. The fourth-order valence-corrected chi connectivity index (χ4v) is 2.17. The Kier molecular flexibility index (Phi) is 3.11. The Hall–Kier alpha value is -2.04. The predicted octanol–water partition coefficient (Wildman–Crippen LogP) is 1.95. The lowest BCUT2D eigenvalue weighted by Crippen LogP contribution is -2.26. The van der Waals surface area contributed by atoms with Gasteiger partial charge in [-0.3, -0.25) is 0 Å². The van der Waals surface area contributed by atoms with Gasteiger partial charge < -0.3 is 15.2 Å². The van der Waals surface area contributed by atoms with Crippen LogP contribution >= 0.6 is 0 Å². The quantitative estimate of drug-likeness (QED) is 0.838. The molecule has 19 heavy (non-hydrogen) atoms. The van der Waals surface area contributed by atoms with Crippen LogP contribution in [0, 0.1) is 5.92 Å². The zero-order valence-corrected chi connectivity index (χ0v) is 10.9. The van der Waals surface area contributed by atoms with Crippen LogP contribution in [0.25, 0.3) is 0 Å². The molecule has 0 bridgehead atoms. The average molecular weight is 259 g/mol. The topological polar surface area (TPSA) is 69.2 Å². The van der Waals surface area contributed by atoms with E-state index in [1.165, 1.54) is 0 Å². The van der Waals surface area contributed by atoms with Gasteiger partial charge in [0, 0.05) is 24.3 Å². The van der Waals surface area contributed by atoms with Crippen LogP contribution < -0.4 is 15.2 Å². The molecule has 3 rings (SSSR count). The summed E-state index contributed by atoms with van der Waals surface area (Å²) in [5.74, 6) is 2.41. The number of ether oxygens (including phenoxy) is 2. The Morgan fingerprint density at radius 1 is 1.16 bits per heavy atom. The number of rotatable bonds is 1. The van der Waals surface area contributed by atoms with Gasteiger partial charge in [-0.2, -0.15) is 5.10 Å². The van der Waals surface area contributed by atoms with E-state index in [4.69, 9.17) is 15.2 Å². The van der Waals surface area contributed by atoms with Crippen molar-refractivity contribution in [3.8, 4) is 11.5 Å². The van der Waals surface area contributed by atoms with Crippen LogP contribution in [0.3, 0.4) is 0 Å². The highest BCUT2D eigenvalue weighted by Crippen LogP contribution is 2.31. The monoisotopic (exact) mass is 259 g/mol. The summed E-state index contributed by atoms with van der Waals surface area (Å²) in [6.45, 7) is 3.44. The standard InChI is InChI=1S/C14H17N3O2/c1-9-7-11(16-17-14(9)15)10-3-4-12-13(8-10)19-6-2-5-18-12/h3-4,8-9H,2,5-7H2,1H3,(H2,15,17). The molecule has 0 radical (unpaired) electrons. The Morgan fingerprint density at radius 3 is 2.74 bits per heavy atom. The third-order valence-corrected chi connectivity index (χ3v) is 3.37. The van der Waals surface area contributed by atoms with Gasteiger partial charge in [-0.15, -0.1) is 5.10 Å². The van der Waals surface area contributed by atoms with Crippen LogP contribution in [-0.2, 0) is 0 Å². The molecule has 0 saturated heterocycles. The van der Waals surface area contributed by atoms with E-state index in [0.29, 0.717) is 19.0 Å². The Labute approximate surface area is 112 Å². The summed E-state index contributed by atoms with van der Waals surface area (Å²) in [5.41, 5.74) is 7.71. The SMILES string of the molecule is CC1CC(c2ccc3c(c2)OCCCO3)=NN=C1N. The lowest BCUT2D eigenvalue weighted by atomic mass is 9.97. The fourth-order valence-electron chi connectivity index (χ4n) is 2.17. The minimum atomic E-state index is 0.225. The predicted molar refractivity (Wildman–Crippen MR) is 74.0 cm³/mol. The molecule has 5 heteroatoms. The van der Waals surface area contributed by atoms with Gasteiger partial charge in [-0.1, -0.05) is 6.92 Å². The van der Waals surface area contributed by atoms with Crippen molar-refractivity contribution in [2.24, 2.45) is 21.9 Å². The molecule has 0 spiro atoms. The van der Waals surface area contributed by atoms with Gasteiger partial charge in [0.05, 0.1) is 18.9 Å². The van der Waals surface area contributed by atoms with Gasteiger partial charge in [0.2, 0.25) is 0 Å². The Bertz CT molecular complexity index is 552. The maximum Gasteiger partial charge on any atom is 0.161 e. The summed E-state index contributed by atoms with van der Waals surface area (Å²) in [6.07, 6.45) is 1.71. The normalized spacial score (nSPS) is 22.3. The minimum Gasteiger partial charge on any atom is -0.490 e. The summed E-state index contributed by atoms with van der Waals surface area (Å²) in [4.78, 5) is 0. The first-order valence-electron chi connectivity index (χ1n) is 6.54. The van der Waals surface area contributed by atoms with E-state index < -0.39 is 0 Å². The second-order valence-corrected chi connectivity index (χ2v) is 4.89. The van der Waals surface area contributed by atoms with Crippen LogP contribution in [0.15, 0.2) is 28.4 Å². The number of benzene rings is 1. The zero-order valence-electron chi connectivity index (χ0n) is 10.9. The van der Waals surface area contributed by atoms with Crippen LogP contribution in [0.2, 0.25) is 0 Å². The molecular weight excluding hydrogens is 242 g/mol. The van der Waals surface area contributed by atoms with E-state index in [0.717, 1.165) is 35.6 Å². The highest BCUT2D eigenvalue weighted by molar-refractivity contribution is 6.05. The van der Waals surface area contributed by atoms with E-state index in [9.17, 15) is 0 Å². The molecule has 1 aromatic rings. The van der Waals surface area contributed by atoms with Crippen molar-refractivity contribution in [1.82, 2.24) is 0 Å². The van der Waals surface area contributed by atoms with Crippen molar-refractivity contribution in [2.45, 2.75) is 19.8 Å². The number of fused-ring (bicyclic) bond motifs is 1. The van der Waals surface area contributed by atoms with Gasteiger partial charge in [-0.25, -0.2) is 0 Å². The van der Waals surface area contributed by atoms with Crippen molar-refractivity contribution in [3.63, 3.8) is 0 Å². The summed E-state index contributed by atoms with van der Waals surface area (Å²) in [6, 6.07) is 5.91. The lowest BCUT2D eigenvalue weighted by molar-refractivity contribution is 0.297. The van der Waals surface area contributed by atoms with Crippen molar-refractivity contribution in [2.75, 3.05) is 13.2 Å². The van der Waals surface area contributed by atoms with E-state index >= 15 is 0 Å². The number of nitrogens with zero attached hydrogens (tertiary/aromatic N) is 2. The summed E-state index contributed by atoms with van der Waals surface area (Å²) in [7, 11) is 0. The molecule has 0 aliphatic carbocycles. The first kappa shape index (κ1) is 12.0. The summed E-state index contributed by atoms with van der Waals surface area (Å²) < 4.78 is 11.3. The zero-order chi connectivity index (χ0) is 13.2. The minimum absolute atomic E-state index is 0.225. The van der Waals surface area contributed by atoms with E-state index in [-0.39, 0.29) is 5.92 Å². The van der Waals surface area contributed by atoms with Crippen LogP contribution in [-0.4, -0.2) is 24.8 Å². The molecule has 2 heterocycles. The number of hydrogen-bond donors (Lipinski definition) is 1. The fraction of sp³-hybridized carbons (Fsp3) is 0.429. The highest BCUT2D eigenvalue weighted by atomic mass is 16.5. The van der Waals surface area contributed by atoms with E-state index in [2.05, 4.69) is 17.1 Å². The van der Waals surface area contributed by atoms with E-state index in [1.54, 1.807) is 0 Å². The molecule has 0 aromatic heterocycles. The third-order valence-electron chi connectivity index (χ3n) is 3.37. The van der Waals surface area contributed by atoms with Crippen molar-refractivity contribution in [1.29, 1.82) is 0 Å². The van der Waals surface area contributed by atoms with Gasteiger partial charge in [0.15, 0.2) is 11.5 Å². The first-order chi connectivity index (χ1) is 9.24. The highest BCUT2D eigenvalue weighted by Gasteiger charge is 2.19. The lowest BCUT2D eigenvalue weighted by Gasteiger charge is -2.17. The largest absolute Gasteiger partial charge is 0.490 e. The maximum absolute atomic E-state index is 5.75. The van der Waals surface area contributed by atoms with Gasteiger partial charge >= 0.3 is 0 Å². The van der Waals surface area contributed by atoms with Crippen molar-refractivity contribution >= 4 is 11.5 Å². The molecule has 1 unspecified atom stereocenters. The molecule has 1 aromatic carbocycles. The molecule has 1 atom stereocenters. The van der Waals surface area contributed by atoms with Crippen molar-refractivity contribution in [3.05, 3.63) is 23.8 Å². The van der Waals surface area contributed by atoms with Crippen molar-refractivity contribution < 1.29 is 9.47 Å². The summed E-state index contributed by atoms with van der Waals surface area (Å²) >= 11 is 0. The maximum atomic E-state index is 5.75. The summed E-state index contributed by atoms with van der Waals surface area (Å²) in [5, 5.41) is 8.20.